The van der Waals surface area contributed by atoms with Crippen LogP contribution >= 0.6 is 0 Å². The van der Waals surface area contributed by atoms with E-state index in [1.165, 1.54) is 0 Å². The molecule has 2 N–H and O–H groups in total. The van der Waals surface area contributed by atoms with Crippen LogP contribution in [-0.2, 0) is 9.59 Å². The highest BCUT2D eigenvalue weighted by molar-refractivity contribution is 5.80. The van der Waals surface area contributed by atoms with Crippen LogP contribution in [0.4, 0.5) is 5.69 Å². The van der Waals surface area contributed by atoms with Crippen LogP contribution in [0.2, 0.25) is 0 Å². The summed E-state index contributed by atoms with van der Waals surface area (Å²) >= 11 is 0. The second-order valence-corrected chi connectivity index (χ2v) is 4.63. The molecule has 1 rings (SSSR count). The maximum Gasteiger partial charge on any atom is 0.305 e. The first-order valence-electron chi connectivity index (χ1n) is 6.73. The zero-order chi connectivity index (χ0) is 16.7. The van der Waals surface area contributed by atoms with Gasteiger partial charge in [-0.05, 0) is 6.42 Å². The summed E-state index contributed by atoms with van der Waals surface area (Å²) in [7, 11) is 0. The van der Waals surface area contributed by atoms with Gasteiger partial charge in [-0.3, -0.25) is 29.1 Å². The molecule has 1 atom stereocenters. The molecule has 0 radical (unpaired) electrons. The first-order chi connectivity index (χ1) is 10.4. The van der Waals surface area contributed by atoms with Gasteiger partial charge in [-0.1, -0.05) is 13.3 Å². The molecule has 9 nitrogen and oxygen atoms in total. The van der Waals surface area contributed by atoms with Crippen LogP contribution in [0.25, 0.3) is 0 Å². The second-order valence-electron chi connectivity index (χ2n) is 4.63. The van der Waals surface area contributed by atoms with E-state index in [1.54, 1.807) is 6.92 Å². The fraction of sp³-hybridized carbons (Fsp3) is 0.462. The summed E-state index contributed by atoms with van der Waals surface area (Å²) in [6.45, 7) is 1.73. The number of carboxylic acids is 1. The second kappa shape index (κ2) is 7.91. The van der Waals surface area contributed by atoms with E-state index < -0.39 is 28.4 Å². The summed E-state index contributed by atoms with van der Waals surface area (Å²) < 4.78 is 1.01. The third-order valence-electron chi connectivity index (χ3n) is 2.97. The maximum absolute atomic E-state index is 12.1. The van der Waals surface area contributed by atoms with Crippen LogP contribution in [0.1, 0.15) is 32.2 Å². The lowest BCUT2D eigenvalue weighted by Crippen LogP contribution is -2.37. The fourth-order valence-corrected chi connectivity index (χ4v) is 1.92. The molecule has 9 heteroatoms. The van der Waals surface area contributed by atoms with Gasteiger partial charge in [-0.25, -0.2) is 0 Å². The van der Waals surface area contributed by atoms with Crippen LogP contribution in [-0.4, -0.2) is 33.0 Å². The molecule has 1 amide bonds. The highest BCUT2D eigenvalue weighted by Crippen LogP contribution is 2.15. The molecule has 1 heterocycles. The Morgan fingerprint density at radius 2 is 2.14 bits per heavy atom. The lowest BCUT2D eigenvalue weighted by atomic mass is 10.1. The van der Waals surface area contributed by atoms with E-state index in [9.17, 15) is 24.5 Å². The van der Waals surface area contributed by atoms with Gasteiger partial charge >= 0.3 is 5.97 Å². The predicted octanol–water partition coefficient (Wildman–Crippen LogP) is 0.689. The van der Waals surface area contributed by atoms with Gasteiger partial charge in [0.15, 0.2) is 0 Å². The fourth-order valence-electron chi connectivity index (χ4n) is 1.92. The van der Waals surface area contributed by atoms with E-state index in [-0.39, 0.29) is 18.7 Å². The van der Waals surface area contributed by atoms with Crippen molar-refractivity contribution >= 4 is 17.6 Å². The van der Waals surface area contributed by atoms with Crippen molar-refractivity contribution in [3.63, 3.8) is 0 Å². The molecule has 1 aromatic rings. The Hall–Kier alpha value is -2.71. The molecule has 0 aliphatic heterocycles. The monoisotopic (exact) mass is 311 g/mol. The molecule has 0 spiro atoms. The highest BCUT2D eigenvalue weighted by Gasteiger charge is 2.22. The molecule has 0 saturated heterocycles. The van der Waals surface area contributed by atoms with Gasteiger partial charge in [0.1, 0.15) is 6.04 Å². The van der Waals surface area contributed by atoms with Crippen molar-refractivity contribution in [2.75, 3.05) is 6.54 Å². The number of nitro groups is 1. The van der Waals surface area contributed by atoms with Gasteiger partial charge in [-0.2, -0.15) is 0 Å². The van der Waals surface area contributed by atoms with Crippen LogP contribution < -0.4 is 10.9 Å². The Balaban J connectivity index is 3.01. The Bertz CT molecular complexity index is 624. The number of nitrogens with zero attached hydrogens (tertiary/aromatic N) is 2. The van der Waals surface area contributed by atoms with Crippen molar-refractivity contribution in [1.29, 1.82) is 0 Å². The Labute approximate surface area is 125 Å². The number of pyridine rings is 1. The highest BCUT2D eigenvalue weighted by atomic mass is 16.6. The topological polar surface area (TPSA) is 132 Å². The van der Waals surface area contributed by atoms with Crippen LogP contribution in [0.5, 0.6) is 0 Å². The smallest absolute Gasteiger partial charge is 0.305 e. The van der Waals surface area contributed by atoms with E-state index >= 15 is 0 Å². The average molecular weight is 311 g/mol. The standard InChI is InChI=1S/C13H17N3O6/c1-2-3-10(13(20)14-7-6-12(18)19)15-8-9(16(21)22)4-5-11(15)17/h4-5,8,10H,2-3,6-7H2,1H3,(H,14,20)(H,18,19). The zero-order valence-corrected chi connectivity index (χ0v) is 12.0. The first-order valence-corrected chi connectivity index (χ1v) is 6.73. The minimum Gasteiger partial charge on any atom is -0.481 e. The van der Waals surface area contributed by atoms with Crippen LogP contribution in [0.15, 0.2) is 23.1 Å². The van der Waals surface area contributed by atoms with Crippen molar-refractivity contribution in [3.05, 3.63) is 38.8 Å². The van der Waals surface area contributed by atoms with Gasteiger partial charge in [0.05, 0.1) is 17.5 Å². The molecule has 0 bridgehead atoms. The summed E-state index contributed by atoms with van der Waals surface area (Å²) in [4.78, 5) is 44.6. The number of rotatable bonds is 8. The lowest BCUT2D eigenvalue weighted by molar-refractivity contribution is -0.385. The van der Waals surface area contributed by atoms with E-state index in [1.807, 2.05) is 0 Å². The normalized spacial score (nSPS) is 11.7. The van der Waals surface area contributed by atoms with Crippen molar-refractivity contribution in [1.82, 2.24) is 9.88 Å². The number of amides is 1. The van der Waals surface area contributed by atoms with Gasteiger partial charge in [0, 0.05) is 18.7 Å². The van der Waals surface area contributed by atoms with Crippen molar-refractivity contribution in [2.45, 2.75) is 32.2 Å². The minimum absolute atomic E-state index is 0.0714. The molecule has 22 heavy (non-hydrogen) atoms. The molecule has 0 saturated carbocycles. The summed E-state index contributed by atoms with van der Waals surface area (Å²) in [5.74, 6) is -1.59. The number of hydrogen-bond donors (Lipinski definition) is 2. The summed E-state index contributed by atoms with van der Waals surface area (Å²) in [6, 6.07) is 1.20. The molecule has 120 valence electrons. The number of carbonyl (C=O) groups is 2. The summed E-state index contributed by atoms with van der Waals surface area (Å²) in [5, 5.41) is 21.8. The van der Waals surface area contributed by atoms with Crippen molar-refractivity contribution in [2.24, 2.45) is 0 Å². The van der Waals surface area contributed by atoms with Gasteiger partial charge in [0.2, 0.25) is 5.91 Å². The van der Waals surface area contributed by atoms with Crippen molar-refractivity contribution in [3.8, 4) is 0 Å². The Morgan fingerprint density at radius 3 is 2.68 bits per heavy atom. The lowest BCUT2D eigenvalue weighted by Gasteiger charge is -2.18. The molecular formula is C13H17N3O6. The van der Waals surface area contributed by atoms with E-state index in [4.69, 9.17) is 5.11 Å². The zero-order valence-electron chi connectivity index (χ0n) is 12.0. The predicted molar refractivity (Wildman–Crippen MR) is 76.6 cm³/mol. The van der Waals surface area contributed by atoms with Crippen LogP contribution in [0.3, 0.4) is 0 Å². The molecule has 0 fully saturated rings. The molecule has 0 aliphatic carbocycles. The SMILES string of the molecule is CCCC(C(=O)NCCC(=O)O)n1cc([N+](=O)[O-])ccc1=O. The van der Waals surface area contributed by atoms with E-state index in [0.29, 0.717) is 12.8 Å². The van der Waals surface area contributed by atoms with Crippen molar-refractivity contribution < 1.29 is 19.6 Å². The molecule has 1 aromatic heterocycles. The number of carbonyl (C=O) groups excluding carboxylic acids is 1. The maximum atomic E-state index is 12.1. The molecule has 0 aromatic carbocycles. The largest absolute Gasteiger partial charge is 0.481 e. The average Bonchev–Trinajstić information content (AvgIpc) is 2.44. The molecule has 1 unspecified atom stereocenters. The molecule has 0 aliphatic rings. The van der Waals surface area contributed by atoms with Gasteiger partial charge in [0.25, 0.3) is 11.2 Å². The number of hydrogen-bond acceptors (Lipinski definition) is 5. The van der Waals surface area contributed by atoms with Gasteiger partial charge < -0.3 is 10.4 Å². The quantitative estimate of drug-likeness (QED) is 0.536. The van der Waals surface area contributed by atoms with E-state index in [0.717, 1.165) is 22.9 Å². The minimum atomic E-state index is -1.06. The summed E-state index contributed by atoms with van der Waals surface area (Å²) in [6.07, 6.45) is 1.67. The third-order valence-corrected chi connectivity index (χ3v) is 2.97. The van der Waals surface area contributed by atoms with Crippen LogP contribution in [0, 0.1) is 10.1 Å². The summed E-state index contributed by atoms with van der Waals surface area (Å²) in [5.41, 5.74) is -0.823. The number of nitrogens with one attached hydrogen (secondary N) is 1. The molecular weight excluding hydrogens is 294 g/mol. The first kappa shape index (κ1) is 17.3. The van der Waals surface area contributed by atoms with E-state index in [2.05, 4.69) is 5.32 Å². The van der Waals surface area contributed by atoms with Gasteiger partial charge in [-0.15, -0.1) is 0 Å². The Kier molecular flexibility index (Phi) is 6.24. The number of aliphatic carboxylic acids is 1. The third kappa shape index (κ3) is 4.69. The number of carboxylic acid groups (broad SMARTS) is 1. The number of aromatic nitrogens is 1. The Morgan fingerprint density at radius 1 is 1.45 bits per heavy atom.